The lowest BCUT2D eigenvalue weighted by atomic mass is 10.1. The number of hydrogen-bond acceptors (Lipinski definition) is 6. The molecule has 3 rings (SSSR count). The number of carbonyl (C=O) groups is 1. The number of rotatable bonds is 10. The predicted octanol–water partition coefficient (Wildman–Crippen LogP) is 6.11. The Bertz CT molecular complexity index is 1090. The quantitative estimate of drug-likeness (QED) is 0.340. The van der Waals surface area contributed by atoms with Gasteiger partial charge < -0.3 is 18.9 Å². The van der Waals surface area contributed by atoms with Crippen molar-refractivity contribution in [2.75, 3.05) is 18.5 Å². The maximum Gasteiger partial charge on any atom is 0.361 e. The molecule has 3 aromatic rings. The molecule has 170 valence electrons. The Morgan fingerprint density at radius 3 is 2.28 bits per heavy atom. The fourth-order valence-electron chi connectivity index (χ4n) is 3.09. The summed E-state index contributed by atoms with van der Waals surface area (Å²) >= 11 is 12.1. The molecule has 0 aliphatic heterocycles. The van der Waals surface area contributed by atoms with Crippen LogP contribution in [0.3, 0.4) is 0 Å². The zero-order chi connectivity index (χ0) is 23.1. The SMILES string of the molecule is CCOP(=O)(OCC)c1ccc(NC(=O)CCc2cnoc2-c2cc(Cl)cc(Cl)c2)cc1. The monoisotopic (exact) mass is 496 g/mol. The summed E-state index contributed by atoms with van der Waals surface area (Å²) < 4.78 is 28.8. The highest BCUT2D eigenvalue weighted by molar-refractivity contribution is 7.62. The molecule has 7 nitrogen and oxygen atoms in total. The molecule has 0 bridgehead atoms. The first-order valence-electron chi connectivity index (χ1n) is 10.0. The standard InChI is InChI=1S/C22H23Cl2N2O5P/c1-3-29-32(28,30-4-2)20-8-6-19(7-9-20)26-21(27)10-5-15-14-25-31-22(15)16-11-17(23)13-18(24)12-16/h6-9,11-14H,3-5,10H2,1-2H3,(H,26,27). The van der Waals surface area contributed by atoms with Crippen molar-refractivity contribution in [3.8, 4) is 11.3 Å². The second-order valence-corrected chi connectivity index (χ2v) is 9.67. The van der Waals surface area contributed by atoms with Gasteiger partial charge in [0.25, 0.3) is 0 Å². The number of aromatic nitrogens is 1. The van der Waals surface area contributed by atoms with Gasteiger partial charge in [-0.2, -0.15) is 0 Å². The minimum Gasteiger partial charge on any atom is -0.356 e. The number of nitrogens with zero attached hydrogens (tertiary/aromatic N) is 1. The molecule has 0 saturated heterocycles. The van der Waals surface area contributed by atoms with Crippen LogP contribution in [-0.2, 0) is 24.8 Å². The van der Waals surface area contributed by atoms with Gasteiger partial charge in [0.15, 0.2) is 5.76 Å². The average Bonchev–Trinajstić information content (AvgIpc) is 3.21. The fraction of sp³-hybridized carbons (Fsp3) is 0.273. The Hall–Kier alpha value is -2.15. The van der Waals surface area contributed by atoms with Crippen molar-refractivity contribution in [3.63, 3.8) is 0 Å². The highest BCUT2D eigenvalue weighted by Gasteiger charge is 2.26. The molecule has 0 saturated carbocycles. The summed E-state index contributed by atoms with van der Waals surface area (Å²) in [5.41, 5.74) is 2.03. The van der Waals surface area contributed by atoms with Crippen molar-refractivity contribution >= 4 is 47.7 Å². The summed E-state index contributed by atoms with van der Waals surface area (Å²) in [6.45, 7) is 4.04. The summed E-state index contributed by atoms with van der Waals surface area (Å²) in [4.78, 5) is 12.4. The Balaban J connectivity index is 1.63. The zero-order valence-corrected chi connectivity index (χ0v) is 20.0. The van der Waals surface area contributed by atoms with Gasteiger partial charge in [0.2, 0.25) is 5.91 Å². The minimum absolute atomic E-state index is 0.188. The molecule has 0 spiro atoms. The molecule has 1 aromatic heterocycles. The smallest absolute Gasteiger partial charge is 0.356 e. The molecule has 1 heterocycles. The Morgan fingerprint density at radius 1 is 1.06 bits per heavy atom. The van der Waals surface area contributed by atoms with Gasteiger partial charge in [-0.3, -0.25) is 9.36 Å². The lowest BCUT2D eigenvalue weighted by Crippen LogP contribution is -2.14. The molecule has 0 fully saturated rings. The first-order valence-corrected chi connectivity index (χ1v) is 12.3. The van der Waals surface area contributed by atoms with Crippen molar-refractivity contribution in [2.45, 2.75) is 26.7 Å². The zero-order valence-electron chi connectivity index (χ0n) is 17.6. The minimum atomic E-state index is -3.36. The van der Waals surface area contributed by atoms with E-state index in [9.17, 15) is 9.36 Å². The van der Waals surface area contributed by atoms with Crippen molar-refractivity contribution in [3.05, 3.63) is 64.3 Å². The summed E-state index contributed by atoms with van der Waals surface area (Å²) in [5.74, 6) is 0.334. The van der Waals surface area contributed by atoms with E-state index in [2.05, 4.69) is 10.5 Å². The summed E-state index contributed by atoms with van der Waals surface area (Å²) in [5, 5.41) is 8.06. The van der Waals surface area contributed by atoms with Gasteiger partial charge in [-0.15, -0.1) is 0 Å². The van der Waals surface area contributed by atoms with E-state index in [0.717, 1.165) is 5.56 Å². The number of anilines is 1. The molecular formula is C22H23Cl2N2O5P. The topological polar surface area (TPSA) is 90.7 Å². The summed E-state index contributed by atoms with van der Waals surface area (Å²) in [6.07, 6.45) is 2.20. The van der Waals surface area contributed by atoms with Gasteiger partial charge in [-0.05, 0) is 62.7 Å². The molecule has 0 aliphatic carbocycles. The highest BCUT2D eigenvalue weighted by atomic mass is 35.5. The summed E-state index contributed by atoms with van der Waals surface area (Å²) in [7, 11) is -3.36. The predicted molar refractivity (Wildman–Crippen MR) is 126 cm³/mol. The Labute approximate surface area is 196 Å². The van der Waals surface area contributed by atoms with Crippen molar-refractivity contribution in [1.82, 2.24) is 5.16 Å². The van der Waals surface area contributed by atoms with E-state index in [4.69, 9.17) is 36.8 Å². The second-order valence-electron chi connectivity index (χ2n) is 6.77. The first kappa shape index (κ1) is 24.5. The van der Waals surface area contributed by atoms with Crippen LogP contribution in [0.2, 0.25) is 10.0 Å². The molecule has 2 aromatic carbocycles. The number of amides is 1. The van der Waals surface area contributed by atoms with Crippen LogP contribution in [0.5, 0.6) is 0 Å². The van der Waals surface area contributed by atoms with E-state index >= 15 is 0 Å². The normalized spacial score (nSPS) is 11.5. The van der Waals surface area contributed by atoms with E-state index in [0.29, 0.717) is 38.8 Å². The number of nitrogens with one attached hydrogen (secondary N) is 1. The molecule has 0 aliphatic rings. The number of benzene rings is 2. The fourth-order valence-corrected chi connectivity index (χ4v) is 5.18. The van der Waals surface area contributed by atoms with Crippen molar-refractivity contribution in [2.24, 2.45) is 0 Å². The van der Waals surface area contributed by atoms with Crippen molar-refractivity contribution in [1.29, 1.82) is 0 Å². The molecule has 32 heavy (non-hydrogen) atoms. The maximum atomic E-state index is 12.8. The van der Waals surface area contributed by atoms with Crippen LogP contribution in [0.25, 0.3) is 11.3 Å². The molecule has 0 unspecified atom stereocenters. The average molecular weight is 497 g/mol. The third-order valence-electron chi connectivity index (χ3n) is 4.46. The van der Waals surface area contributed by atoms with Crippen LogP contribution in [-0.4, -0.2) is 24.3 Å². The van der Waals surface area contributed by atoms with Crippen LogP contribution in [0.15, 0.2) is 53.2 Å². The van der Waals surface area contributed by atoms with Crippen LogP contribution in [0, 0.1) is 0 Å². The summed E-state index contributed by atoms with van der Waals surface area (Å²) in [6, 6.07) is 11.7. The molecule has 0 atom stereocenters. The number of aryl methyl sites for hydroxylation is 1. The van der Waals surface area contributed by atoms with Gasteiger partial charge >= 0.3 is 7.60 Å². The number of hydrogen-bond donors (Lipinski definition) is 1. The lowest BCUT2D eigenvalue weighted by molar-refractivity contribution is -0.116. The third-order valence-corrected chi connectivity index (χ3v) is 7.02. The van der Waals surface area contributed by atoms with Gasteiger partial charge in [-0.1, -0.05) is 28.4 Å². The van der Waals surface area contributed by atoms with Gasteiger partial charge in [0.1, 0.15) is 0 Å². The van der Waals surface area contributed by atoms with Gasteiger partial charge in [0.05, 0.1) is 24.7 Å². The van der Waals surface area contributed by atoms with Gasteiger partial charge in [0, 0.05) is 33.3 Å². The Kier molecular flexibility index (Phi) is 8.51. The van der Waals surface area contributed by atoms with E-state index in [1.807, 2.05) is 0 Å². The number of carbonyl (C=O) groups excluding carboxylic acids is 1. The van der Waals surface area contributed by atoms with E-state index < -0.39 is 7.60 Å². The third kappa shape index (κ3) is 6.21. The second kappa shape index (κ2) is 11.1. The van der Waals surface area contributed by atoms with E-state index in [-0.39, 0.29) is 25.5 Å². The van der Waals surface area contributed by atoms with Gasteiger partial charge in [-0.25, -0.2) is 0 Å². The van der Waals surface area contributed by atoms with Crippen LogP contribution < -0.4 is 10.6 Å². The van der Waals surface area contributed by atoms with E-state index in [1.54, 1.807) is 62.5 Å². The molecule has 1 amide bonds. The molecule has 10 heteroatoms. The van der Waals surface area contributed by atoms with Crippen LogP contribution in [0.4, 0.5) is 5.69 Å². The lowest BCUT2D eigenvalue weighted by Gasteiger charge is -2.17. The maximum absolute atomic E-state index is 12.8. The molecular weight excluding hydrogens is 474 g/mol. The first-order chi connectivity index (χ1) is 15.3. The van der Waals surface area contributed by atoms with Crippen LogP contribution in [0.1, 0.15) is 25.8 Å². The number of halogens is 2. The molecule has 0 radical (unpaired) electrons. The highest BCUT2D eigenvalue weighted by Crippen LogP contribution is 2.46. The van der Waals surface area contributed by atoms with Crippen LogP contribution >= 0.6 is 30.8 Å². The van der Waals surface area contributed by atoms with E-state index in [1.165, 1.54) is 0 Å². The Morgan fingerprint density at radius 2 is 1.69 bits per heavy atom. The van der Waals surface area contributed by atoms with Crippen molar-refractivity contribution < 1.29 is 22.9 Å². The molecule has 1 N–H and O–H groups in total. The largest absolute Gasteiger partial charge is 0.361 e.